The Labute approximate surface area is 125 Å². The SMILES string of the molecule is C[C@@H](NC1CCC(CO)CC1)c1cc(Cl)cc(Cl)c1. The van der Waals surface area contributed by atoms with Crippen molar-refractivity contribution in [3.8, 4) is 0 Å². The molecule has 0 radical (unpaired) electrons. The van der Waals surface area contributed by atoms with Crippen LogP contribution in [0.15, 0.2) is 18.2 Å². The minimum absolute atomic E-state index is 0.242. The fourth-order valence-electron chi connectivity index (χ4n) is 2.79. The monoisotopic (exact) mass is 301 g/mol. The highest BCUT2D eigenvalue weighted by atomic mass is 35.5. The summed E-state index contributed by atoms with van der Waals surface area (Å²) in [6.07, 6.45) is 4.47. The Kier molecular flexibility index (Phi) is 5.52. The first-order valence-corrected chi connectivity index (χ1v) is 7.67. The predicted octanol–water partition coefficient (Wildman–Crippen LogP) is 4.20. The summed E-state index contributed by atoms with van der Waals surface area (Å²) in [5.74, 6) is 0.494. The molecule has 2 nitrogen and oxygen atoms in total. The number of rotatable bonds is 4. The lowest BCUT2D eigenvalue weighted by Crippen LogP contribution is -2.35. The third-order valence-corrected chi connectivity index (χ3v) is 4.41. The van der Waals surface area contributed by atoms with Crippen molar-refractivity contribution >= 4 is 23.2 Å². The van der Waals surface area contributed by atoms with Crippen LogP contribution in [0, 0.1) is 5.92 Å². The Balaban J connectivity index is 1.92. The van der Waals surface area contributed by atoms with Crippen molar-refractivity contribution in [1.29, 1.82) is 0 Å². The van der Waals surface area contributed by atoms with Crippen molar-refractivity contribution < 1.29 is 5.11 Å². The maximum Gasteiger partial charge on any atom is 0.0459 e. The van der Waals surface area contributed by atoms with Gasteiger partial charge in [-0.05, 0) is 62.3 Å². The van der Waals surface area contributed by atoms with Crippen molar-refractivity contribution in [1.82, 2.24) is 5.32 Å². The molecule has 1 aromatic rings. The van der Waals surface area contributed by atoms with Crippen LogP contribution in [-0.4, -0.2) is 17.8 Å². The normalized spacial score (nSPS) is 25.3. The van der Waals surface area contributed by atoms with Gasteiger partial charge >= 0.3 is 0 Å². The van der Waals surface area contributed by atoms with E-state index in [9.17, 15) is 0 Å². The van der Waals surface area contributed by atoms with Crippen LogP contribution < -0.4 is 5.32 Å². The Morgan fingerprint density at radius 3 is 2.26 bits per heavy atom. The highest BCUT2D eigenvalue weighted by Gasteiger charge is 2.22. The third-order valence-electron chi connectivity index (χ3n) is 3.98. The molecular formula is C15H21Cl2NO. The molecule has 1 fully saturated rings. The lowest BCUT2D eigenvalue weighted by molar-refractivity contribution is 0.172. The summed E-state index contributed by atoms with van der Waals surface area (Å²) < 4.78 is 0. The Bertz CT molecular complexity index is 396. The first-order chi connectivity index (χ1) is 9.08. The molecule has 19 heavy (non-hydrogen) atoms. The second-order valence-corrected chi connectivity index (χ2v) is 6.36. The lowest BCUT2D eigenvalue weighted by Gasteiger charge is -2.30. The first-order valence-electron chi connectivity index (χ1n) is 6.91. The number of nitrogens with one attached hydrogen (secondary N) is 1. The fraction of sp³-hybridized carbons (Fsp3) is 0.600. The Morgan fingerprint density at radius 2 is 1.74 bits per heavy atom. The molecule has 1 saturated carbocycles. The number of halogens is 2. The van der Waals surface area contributed by atoms with E-state index >= 15 is 0 Å². The molecule has 106 valence electrons. The van der Waals surface area contributed by atoms with Gasteiger partial charge in [0.05, 0.1) is 0 Å². The maximum absolute atomic E-state index is 9.15. The standard InChI is InChI=1S/C15H21Cl2NO/c1-10(12-6-13(16)8-14(17)7-12)18-15-4-2-11(9-19)3-5-15/h6-8,10-11,15,18-19H,2-5,9H2,1H3/t10-,11?,15?/m1/s1. The van der Waals surface area contributed by atoms with Gasteiger partial charge in [-0.2, -0.15) is 0 Å². The molecule has 0 heterocycles. The molecule has 1 aromatic carbocycles. The largest absolute Gasteiger partial charge is 0.396 e. The van der Waals surface area contributed by atoms with Crippen LogP contribution in [0.2, 0.25) is 10.0 Å². The molecule has 1 aliphatic carbocycles. The average molecular weight is 302 g/mol. The van der Waals surface area contributed by atoms with Gasteiger partial charge in [0.1, 0.15) is 0 Å². The van der Waals surface area contributed by atoms with E-state index < -0.39 is 0 Å². The predicted molar refractivity (Wildman–Crippen MR) is 80.8 cm³/mol. The smallest absolute Gasteiger partial charge is 0.0459 e. The van der Waals surface area contributed by atoms with Crippen molar-refractivity contribution in [2.45, 2.75) is 44.7 Å². The molecule has 0 saturated heterocycles. The van der Waals surface area contributed by atoms with E-state index in [-0.39, 0.29) is 6.04 Å². The van der Waals surface area contributed by atoms with Crippen LogP contribution in [-0.2, 0) is 0 Å². The molecular weight excluding hydrogens is 281 g/mol. The molecule has 0 unspecified atom stereocenters. The van der Waals surface area contributed by atoms with Crippen molar-refractivity contribution in [3.05, 3.63) is 33.8 Å². The molecule has 0 spiro atoms. The van der Waals surface area contributed by atoms with Gasteiger partial charge in [0, 0.05) is 28.7 Å². The minimum atomic E-state index is 0.242. The summed E-state index contributed by atoms with van der Waals surface area (Å²) in [5, 5.41) is 14.1. The van der Waals surface area contributed by atoms with Gasteiger partial charge in [-0.1, -0.05) is 23.2 Å². The summed E-state index contributed by atoms with van der Waals surface area (Å²) in [7, 11) is 0. The molecule has 4 heteroatoms. The van der Waals surface area contributed by atoms with Crippen LogP contribution in [0.1, 0.15) is 44.2 Å². The van der Waals surface area contributed by atoms with Crippen LogP contribution in [0.3, 0.4) is 0 Å². The highest BCUT2D eigenvalue weighted by molar-refractivity contribution is 6.34. The first kappa shape index (κ1) is 15.1. The second kappa shape index (κ2) is 6.94. The Morgan fingerprint density at radius 1 is 1.16 bits per heavy atom. The van der Waals surface area contributed by atoms with Gasteiger partial charge in [-0.3, -0.25) is 0 Å². The zero-order valence-corrected chi connectivity index (χ0v) is 12.7. The van der Waals surface area contributed by atoms with E-state index in [1.807, 2.05) is 12.1 Å². The molecule has 0 aliphatic heterocycles. The zero-order chi connectivity index (χ0) is 13.8. The van der Waals surface area contributed by atoms with Gasteiger partial charge in [0.2, 0.25) is 0 Å². The number of aliphatic hydroxyl groups is 1. The molecule has 0 aromatic heterocycles. The maximum atomic E-state index is 9.15. The van der Waals surface area contributed by atoms with Crippen molar-refractivity contribution in [2.24, 2.45) is 5.92 Å². The van der Waals surface area contributed by atoms with Crippen LogP contribution in [0.25, 0.3) is 0 Å². The minimum Gasteiger partial charge on any atom is -0.396 e. The van der Waals surface area contributed by atoms with Gasteiger partial charge in [0.25, 0.3) is 0 Å². The van der Waals surface area contributed by atoms with E-state index in [1.165, 1.54) is 0 Å². The summed E-state index contributed by atoms with van der Waals surface area (Å²) >= 11 is 12.1. The van der Waals surface area contributed by atoms with Gasteiger partial charge in [-0.15, -0.1) is 0 Å². The van der Waals surface area contributed by atoms with E-state index in [1.54, 1.807) is 6.07 Å². The summed E-state index contributed by atoms with van der Waals surface area (Å²) in [5.41, 5.74) is 1.13. The van der Waals surface area contributed by atoms with Gasteiger partial charge in [0.15, 0.2) is 0 Å². The Hall–Kier alpha value is -0.280. The second-order valence-electron chi connectivity index (χ2n) is 5.49. The van der Waals surface area contributed by atoms with Crippen LogP contribution in [0.4, 0.5) is 0 Å². The van der Waals surface area contributed by atoms with E-state index in [2.05, 4.69) is 12.2 Å². The number of hydrogen-bond donors (Lipinski definition) is 2. The summed E-state index contributed by atoms with van der Waals surface area (Å²) in [6.45, 7) is 2.46. The van der Waals surface area contributed by atoms with Crippen molar-refractivity contribution in [2.75, 3.05) is 6.61 Å². The van der Waals surface area contributed by atoms with Crippen LogP contribution >= 0.6 is 23.2 Å². The number of aliphatic hydroxyl groups excluding tert-OH is 1. The zero-order valence-electron chi connectivity index (χ0n) is 11.2. The number of benzene rings is 1. The molecule has 0 bridgehead atoms. The lowest BCUT2D eigenvalue weighted by atomic mass is 9.86. The molecule has 2 rings (SSSR count). The topological polar surface area (TPSA) is 32.3 Å². The van der Waals surface area contributed by atoms with Gasteiger partial charge in [-0.25, -0.2) is 0 Å². The number of hydrogen-bond acceptors (Lipinski definition) is 2. The average Bonchev–Trinajstić information content (AvgIpc) is 2.38. The molecule has 1 aliphatic rings. The third kappa shape index (κ3) is 4.35. The summed E-state index contributed by atoms with van der Waals surface area (Å²) in [6, 6.07) is 6.45. The van der Waals surface area contributed by atoms with E-state index in [4.69, 9.17) is 28.3 Å². The molecule has 2 N–H and O–H groups in total. The fourth-order valence-corrected chi connectivity index (χ4v) is 3.33. The molecule has 0 amide bonds. The summed E-state index contributed by atoms with van der Waals surface area (Å²) in [4.78, 5) is 0. The van der Waals surface area contributed by atoms with Crippen molar-refractivity contribution in [3.63, 3.8) is 0 Å². The van der Waals surface area contributed by atoms with E-state index in [0.717, 1.165) is 31.2 Å². The van der Waals surface area contributed by atoms with Crippen LogP contribution in [0.5, 0.6) is 0 Å². The van der Waals surface area contributed by atoms with Gasteiger partial charge < -0.3 is 10.4 Å². The van der Waals surface area contributed by atoms with E-state index in [0.29, 0.717) is 28.6 Å². The molecule has 1 atom stereocenters. The quantitative estimate of drug-likeness (QED) is 0.874. The highest BCUT2D eigenvalue weighted by Crippen LogP contribution is 2.27.